The van der Waals surface area contributed by atoms with E-state index < -0.39 is 0 Å². The van der Waals surface area contributed by atoms with Gasteiger partial charge in [-0.25, -0.2) is 0 Å². The summed E-state index contributed by atoms with van der Waals surface area (Å²) < 4.78 is 4.76. The van der Waals surface area contributed by atoms with Gasteiger partial charge in [0, 0.05) is 38.3 Å². The summed E-state index contributed by atoms with van der Waals surface area (Å²) in [5, 5.41) is 5.14. The molecule has 0 saturated heterocycles. The van der Waals surface area contributed by atoms with Gasteiger partial charge in [0.05, 0.1) is 22.1 Å². The molecule has 0 atom stereocenters. The quantitative estimate of drug-likeness (QED) is 0.216. The smallest absolute Gasteiger partial charge is 0.0541 e. The second-order valence-electron chi connectivity index (χ2n) is 11.5. The number of aromatic nitrogens is 2. The van der Waals surface area contributed by atoms with Crippen LogP contribution in [0, 0.1) is 0 Å². The monoisotopic (exact) mass is 526 g/mol. The molecular weight excluding hydrogens is 496 g/mol. The summed E-state index contributed by atoms with van der Waals surface area (Å²) >= 11 is 0. The minimum absolute atomic E-state index is 0.186. The summed E-state index contributed by atoms with van der Waals surface area (Å²) in [6, 6.07) is 52.9. The van der Waals surface area contributed by atoms with Crippen molar-refractivity contribution in [3.05, 3.63) is 157 Å². The van der Waals surface area contributed by atoms with Gasteiger partial charge in [-0.2, -0.15) is 0 Å². The molecule has 0 N–H and O–H groups in total. The fourth-order valence-electron chi connectivity index (χ4n) is 6.60. The lowest BCUT2D eigenvalue weighted by Crippen LogP contribution is -2.18. The summed E-state index contributed by atoms with van der Waals surface area (Å²) in [6.45, 7) is 4.70. The van der Waals surface area contributed by atoms with Crippen molar-refractivity contribution in [3.63, 3.8) is 0 Å². The van der Waals surface area contributed by atoms with Crippen LogP contribution in [0.5, 0.6) is 0 Å². The van der Waals surface area contributed by atoms with Gasteiger partial charge in [-0.3, -0.25) is 0 Å². The molecule has 0 aliphatic heterocycles. The molecule has 0 unspecified atom stereocenters. The van der Waals surface area contributed by atoms with E-state index in [4.69, 9.17) is 0 Å². The minimum Gasteiger partial charge on any atom is -0.309 e. The van der Waals surface area contributed by atoms with Gasteiger partial charge in [0.25, 0.3) is 0 Å². The zero-order valence-corrected chi connectivity index (χ0v) is 23.3. The van der Waals surface area contributed by atoms with Gasteiger partial charge in [0.15, 0.2) is 0 Å². The SMILES string of the molecule is CC(C)(c1ccc2c(c1)c1ccccc1n2-c1ccccc1)c1ccc2c(c1)c1ccccc1n2-c1ccccc1. The first-order valence-electron chi connectivity index (χ1n) is 14.3. The molecule has 0 fully saturated rings. The number of benzene rings is 6. The third-order valence-electron chi connectivity index (χ3n) is 8.82. The third kappa shape index (κ3) is 3.57. The normalized spacial score (nSPS) is 12.1. The van der Waals surface area contributed by atoms with E-state index in [1.165, 1.54) is 66.1 Å². The molecule has 0 bridgehead atoms. The number of hydrogen-bond donors (Lipinski definition) is 0. The zero-order valence-electron chi connectivity index (χ0n) is 23.3. The molecule has 0 aliphatic rings. The Morgan fingerprint density at radius 2 is 0.732 bits per heavy atom. The van der Waals surface area contributed by atoms with Crippen LogP contribution in [0.15, 0.2) is 146 Å². The van der Waals surface area contributed by atoms with Crippen molar-refractivity contribution in [1.29, 1.82) is 0 Å². The first-order valence-corrected chi connectivity index (χ1v) is 14.3. The zero-order chi connectivity index (χ0) is 27.6. The van der Waals surface area contributed by atoms with Gasteiger partial charge in [0.1, 0.15) is 0 Å². The van der Waals surface area contributed by atoms with Crippen LogP contribution in [0.25, 0.3) is 55.0 Å². The molecule has 2 aromatic heterocycles. The second-order valence-corrected chi connectivity index (χ2v) is 11.5. The van der Waals surface area contributed by atoms with E-state index in [9.17, 15) is 0 Å². The van der Waals surface area contributed by atoms with Gasteiger partial charge >= 0.3 is 0 Å². The highest BCUT2D eigenvalue weighted by molar-refractivity contribution is 6.10. The first-order chi connectivity index (χ1) is 20.1. The molecular formula is C39H30N2. The maximum atomic E-state index is 2.41. The van der Waals surface area contributed by atoms with Crippen LogP contribution in [0.2, 0.25) is 0 Å². The summed E-state index contributed by atoms with van der Waals surface area (Å²) in [5.74, 6) is 0. The summed E-state index contributed by atoms with van der Waals surface area (Å²) in [5.41, 5.74) is 9.75. The lowest BCUT2D eigenvalue weighted by Gasteiger charge is -2.27. The van der Waals surface area contributed by atoms with Crippen LogP contribution < -0.4 is 0 Å². The maximum absolute atomic E-state index is 2.41. The van der Waals surface area contributed by atoms with Gasteiger partial charge in [0.2, 0.25) is 0 Å². The predicted octanol–water partition coefficient (Wildman–Crippen LogP) is 10.2. The van der Waals surface area contributed by atoms with Crippen molar-refractivity contribution in [3.8, 4) is 11.4 Å². The Balaban J connectivity index is 1.32. The summed E-state index contributed by atoms with van der Waals surface area (Å²) in [4.78, 5) is 0. The standard InChI is InChI=1S/C39H30N2/c1-39(2,27-21-23-37-33(25-27)31-17-9-11-19-35(31)40(37)29-13-5-3-6-14-29)28-22-24-38-34(26-28)32-18-10-12-20-36(32)41(38)30-15-7-4-8-16-30/h3-26H,1-2H3. The maximum Gasteiger partial charge on any atom is 0.0541 e. The van der Waals surface area contributed by atoms with Crippen molar-refractivity contribution in [2.24, 2.45) is 0 Å². The van der Waals surface area contributed by atoms with E-state index in [-0.39, 0.29) is 5.41 Å². The van der Waals surface area contributed by atoms with Crippen LogP contribution >= 0.6 is 0 Å². The van der Waals surface area contributed by atoms with E-state index in [0.29, 0.717) is 0 Å². The Morgan fingerprint density at radius 3 is 1.17 bits per heavy atom. The van der Waals surface area contributed by atoms with Crippen LogP contribution in [0.1, 0.15) is 25.0 Å². The number of rotatable bonds is 4. The fourth-order valence-corrected chi connectivity index (χ4v) is 6.60. The molecule has 0 radical (unpaired) electrons. The van der Waals surface area contributed by atoms with Crippen molar-refractivity contribution in [2.45, 2.75) is 19.3 Å². The number of fused-ring (bicyclic) bond motifs is 6. The Hall–Kier alpha value is -5.08. The topological polar surface area (TPSA) is 9.86 Å². The Morgan fingerprint density at radius 1 is 0.366 bits per heavy atom. The van der Waals surface area contributed by atoms with Crippen molar-refractivity contribution in [1.82, 2.24) is 9.13 Å². The van der Waals surface area contributed by atoms with Gasteiger partial charge in [-0.15, -0.1) is 0 Å². The van der Waals surface area contributed by atoms with Crippen molar-refractivity contribution < 1.29 is 0 Å². The second kappa shape index (κ2) is 8.97. The van der Waals surface area contributed by atoms with Crippen molar-refractivity contribution >= 4 is 43.6 Å². The summed E-state index contributed by atoms with van der Waals surface area (Å²) in [6.07, 6.45) is 0. The highest BCUT2D eigenvalue weighted by Crippen LogP contribution is 2.40. The van der Waals surface area contributed by atoms with Gasteiger partial charge in [-0.1, -0.05) is 98.8 Å². The molecule has 8 aromatic rings. The molecule has 0 spiro atoms. The third-order valence-corrected chi connectivity index (χ3v) is 8.82. The van der Waals surface area contributed by atoms with E-state index in [1.807, 2.05) is 0 Å². The van der Waals surface area contributed by atoms with Crippen LogP contribution in [0.4, 0.5) is 0 Å². The molecule has 196 valence electrons. The van der Waals surface area contributed by atoms with Gasteiger partial charge < -0.3 is 9.13 Å². The molecule has 0 aliphatic carbocycles. The highest BCUT2D eigenvalue weighted by Gasteiger charge is 2.26. The lowest BCUT2D eigenvalue weighted by atomic mass is 9.77. The molecule has 2 heterocycles. The molecule has 2 heteroatoms. The van der Waals surface area contributed by atoms with E-state index in [2.05, 4.69) is 169 Å². The molecule has 0 saturated carbocycles. The molecule has 41 heavy (non-hydrogen) atoms. The molecule has 2 nitrogen and oxygen atoms in total. The first kappa shape index (κ1) is 23.8. The van der Waals surface area contributed by atoms with E-state index in [1.54, 1.807) is 0 Å². The van der Waals surface area contributed by atoms with E-state index in [0.717, 1.165) is 0 Å². The number of nitrogens with zero attached hydrogens (tertiary/aromatic N) is 2. The lowest BCUT2D eigenvalue weighted by molar-refractivity contribution is 0.643. The Bertz CT molecular complexity index is 2050. The van der Waals surface area contributed by atoms with Gasteiger partial charge in [-0.05, 0) is 71.8 Å². The summed E-state index contributed by atoms with van der Waals surface area (Å²) in [7, 11) is 0. The average Bonchev–Trinajstić information content (AvgIpc) is 3.54. The van der Waals surface area contributed by atoms with E-state index >= 15 is 0 Å². The largest absolute Gasteiger partial charge is 0.309 e. The van der Waals surface area contributed by atoms with Crippen LogP contribution in [-0.2, 0) is 5.41 Å². The van der Waals surface area contributed by atoms with Crippen molar-refractivity contribution in [2.75, 3.05) is 0 Å². The van der Waals surface area contributed by atoms with Crippen LogP contribution in [-0.4, -0.2) is 9.13 Å². The number of hydrogen-bond acceptors (Lipinski definition) is 0. The minimum atomic E-state index is -0.186. The highest BCUT2D eigenvalue weighted by atomic mass is 15.0. The molecule has 0 amide bonds. The number of para-hydroxylation sites is 4. The average molecular weight is 527 g/mol. The molecule has 6 aromatic carbocycles. The predicted molar refractivity (Wildman–Crippen MR) is 174 cm³/mol. The fraction of sp³-hybridized carbons (Fsp3) is 0.0769. The van der Waals surface area contributed by atoms with Crippen LogP contribution in [0.3, 0.4) is 0 Å². The Kier molecular flexibility index (Phi) is 5.20. The Labute approximate surface area is 239 Å². The molecule has 8 rings (SSSR count).